The monoisotopic (exact) mass is 290 g/mol. The van der Waals surface area contributed by atoms with Crippen LogP contribution < -0.4 is 0 Å². The average Bonchev–Trinajstić information content (AvgIpc) is 2.24. The maximum atomic E-state index is 13.4. The SMILES string of the molecule is Fc1ccc(Br)nc1CN1CCCC(F)C1. The van der Waals surface area contributed by atoms with Crippen LogP contribution in [-0.4, -0.2) is 29.1 Å². The van der Waals surface area contributed by atoms with Crippen molar-refractivity contribution >= 4 is 15.9 Å². The van der Waals surface area contributed by atoms with Crippen molar-refractivity contribution in [2.75, 3.05) is 13.1 Å². The van der Waals surface area contributed by atoms with Crippen molar-refractivity contribution in [1.29, 1.82) is 0 Å². The topological polar surface area (TPSA) is 16.1 Å². The van der Waals surface area contributed by atoms with Crippen LogP contribution in [0.25, 0.3) is 0 Å². The van der Waals surface area contributed by atoms with Crippen LogP contribution in [0.2, 0.25) is 0 Å². The van der Waals surface area contributed by atoms with E-state index < -0.39 is 6.17 Å². The van der Waals surface area contributed by atoms with E-state index in [0.29, 0.717) is 29.8 Å². The number of piperidine rings is 1. The van der Waals surface area contributed by atoms with Crippen LogP contribution in [0.4, 0.5) is 8.78 Å². The Morgan fingerprint density at radius 2 is 2.31 bits per heavy atom. The van der Waals surface area contributed by atoms with E-state index in [1.54, 1.807) is 6.07 Å². The summed E-state index contributed by atoms with van der Waals surface area (Å²) in [6.07, 6.45) is 0.658. The van der Waals surface area contributed by atoms with Crippen molar-refractivity contribution in [3.8, 4) is 0 Å². The first-order valence-electron chi connectivity index (χ1n) is 5.32. The summed E-state index contributed by atoms with van der Waals surface area (Å²) >= 11 is 3.20. The maximum absolute atomic E-state index is 13.4. The summed E-state index contributed by atoms with van der Waals surface area (Å²) in [6.45, 7) is 1.58. The van der Waals surface area contributed by atoms with Gasteiger partial charge < -0.3 is 0 Å². The van der Waals surface area contributed by atoms with Crippen LogP contribution in [0.15, 0.2) is 16.7 Å². The molecule has 0 radical (unpaired) electrons. The second kappa shape index (κ2) is 5.19. The van der Waals surface area contributed by atoms with Crippen LogP contribution in [0.3, 0.4) is 0 Å². The number of pyridine rings is 1. The van der Waals surface area contributed by atoms with E-state index in [2.05, 4.69) is 20.9 Å². The van der Waals surface area contributed by atoms with Crippen LogP contribution >= 0.6 is 15.9 Å². The number of aromatic nitrogens is 1. The third-order valence-corrected chi connectivity index (χ3v) is 3.15. The molecule has 1 fully saturated rings. The van der Waals surface area contributed by atoms with Crippen LogP contribution in [0.1, 0.15) is 18.5 Å². The number of halogens is 3. The van der Waals surface area contributed by atoms with Gasteiger partial charge >= 0.3 is 0 Å². The van der Waals surface area contributed by atoms with Crippen molar-refractivity contribution < 1.29 is 8.78 Å². The number of rotatable bonds is 2. The second-order valence-corrected chi connectivity index (χ2v) is 4.85. The summed E-state index contributed by atoms with van der Waals surface area (Å²) < 4.78 is 27.2. The van der Waals surface area contributed by atoms with Gasteiger partial charge in [-0.25, -0.2) is 13.8 Å². The van der Waals surface area contributed by atoms with Crippen molar-refractivity contribution in [3.63, 3.8) is 0 Å². The smallest absolute Gasteiger partial charge is 0.146 e. The van der Waals surface area contributed by atoms with E-state index in [-0.39, 0.29) is 5.82 Å². The van der Waals surface area contributed by atoms with Crippen molar-refractivity contribution in [2.24, 2.45) is 0 Å². The van der Waals surface area contributed by atoms with Gasteiger partial charge in [-0.05, 0) is 47.4 Å². The highest BCUT2D eigenvalue weighted by Crippen LogP contribution is 2.17. The highest BCUT2D eigenvalue weighted by molar-refractivity contribution is 9.10. The minimum absolute atomic E-state index is 0.329. The molecule has 0 aromatic carbocycles. The lowest BCUT2D eigenvalue weighted by Crippen LogP contribution is -2.36. The van der Waals surface area contributed by atoms with Gasteiger partial charge in [0.05, 0.1) is 5.69 Å². The van der Waals surface area contributed by atoms with E-state index >= 15 is 0 Å². The van der Waals surface area contributed by atoms with Crippen molar-refractivity contribution in [2.45, 2.75) is 25.6 Å². The summed E-state index contributed by atoms with van der Waals surface area (Å²) in [6, 6.07) is 2.94. The number of likely N-dealkylation sites (tertiary alicyclic amines) is 1. The average molecular weight is 291 g/mol. The molecule has 2 heterocycles. The zero-order chi connectivity index (χ0) is 11.5. The Balaban J connectivity index is 2.05. The molecule has 2 nitrogen and oxygen atoms in total. The molecule has 2 rings (SSSR count). The van der Waals surface area contributed by atoms with E-state index in [1.165, 1.54) is 6.07 Å². The summed E-state index contributed by atoms with van der Waals surface area (Å²) in [5.74, 6) is -0.329. The van der Waals surface area contributed by atoms with E-state index in [4.69, 9.17) is 0 Å². The minimum atomic E-state index is -0.788. The molecule has 1 saturated heterocycles. The first-order valence-corrected chi connectivity index (χ1v) is 6.12. The van der Waals surface area contributed by atoms with Gasteiger partial charge in [0.1, 0.15) is 16.6 Å². The molecule has 1 aromatic heterocycles. The number of alkyl halides is 1. The Kier molecular flexibility index (Phi) is 3.86. The quantitative estimate of drug-likeness (QED) is 0.779. The molecule has 1 atom stereocenters. The fourth-order valence-electron chi connectivity index (χ4n) is 1.92. The van der Waals surface area contributed by atoms with Gasteiger partial charge in [-0.1, -0.05) is 0 Å². The molecule has 1 aliphatic rings. The highest BCUT2D eigenvalue weighted by Gasteiger charge is 2.20. The number of nitrogens with zero attached hydrogens (tertiary/aromatic N) is 2. The van der Waals surface area contributed by atoms with Gasteiger partial charge in [-0.2, -0.15) is 0 Å². The minimum Gasteiger partial charge on any atom is -0.295 e. The molecule has 1 aromatic rings. The largest absolute Gasteiger partial charge is 0.295 e. The lowest BCUT2D eigenvalue weighted by atomic mass is 10.1. The predicted octanol–water partition coefficient (Wildman–Crippen LogP) is 2.92. The highest BCUT2D eigenvalue weighted by atomic mass is 79.9. The predicted molar refractivity (Wildman–Crippen MR) is 61.3 cm³/mol. The Morgan fingerprint density at radius 1 is 1.50 bits per heavy atom. The Labute approximate surface area is 102 Å². The van der Waals surface area contributed by atoms with Gasteiger partial charge in [0.15, 0.2) is 0 Å². The van der Waals surface area contributed by atoms with Crippen LogP contribution in [0.5, 0.6) is 0 Å². The fourth-order valence-corrected chi connectivity index (χ4v) is 2.27. The van der Waals surface area contributed by atoms with Gasteiger partial charge in [-0.3, -0.25) is 4.90 Å². The third-order valence-electron chi connectivity index (χ3n) is 2.71. The molecule has 0 saturated carbocycles. The normalized spacial score (nSPS) is 22.3. The Bertz CT molecular complexity index is 373. The van der Waals surface area contributed by atoms with Gasteiger partial charge in [0.2, 0.25) is 0 Å². The number of hydrogen-bond acceptors (Lipinski definition) is 2. The van der Waals surface area contributed by atoms with Gasteiger partial charge in [-0.15, -0.1) is 0 Å². The van der Waals surface area contributed by atoms with Crippen molar-refractivity contribution in [1.82, 2.24) is 9.88 Å². The molecular weight excluding hydrogens is 278 g/mol. The van der Waals surface area contributed by atoms with Gasteiger partial charge in [0, 0.05) is 13.1 Å². The summed E-state index contributed by atoms with van der Waals surface area (Å²) in [4.78, 5) is 5.98. The van der Waals surface area contributed by atoms with Crippen molar-refractivity contribution in [3.05, 3.63) is 28.2 Å². The first kappa shape index (κ1) is 11.9. The molecule has 0 N–H and O–H groups in total. The molecule has 0 aliphatic carbocycles. The molecular formula is C11H13BrF2N2. The van der Waals surface area contributed by atoms with E-state index in [9.17, 15) is 8.78 Å². The van der Waals surface area contributed by atoms with E-state index in [0.717, 1.165) is 13.0 Å². The second-order valence-electron chi connectivity index (χ2n) is 4.04. The fraction of sp³-hybridized carbons (Fsp3) is 0.545. The molecule has 1 unspecified atom stereocenters. The number of hydrogen-bond donors (Lipinski definition) is 0. The zero-order valence-corrected chi connectivity index (χ0v) is 10.4. The Hall–Kier alpha value is -0.550. The molecule has 5 heteroatoms. The van der Waals surface area contributed by atoms with E-state index in [1.807, 2.05) is 4.90 Å². The Morgan fingerprint density at radius 3 is 3.06 bits per heavy atom. The van der Waals surface area contributed by atoms with Gasteiger partial charge in [0.25, 0.3) is 0 Å². The lowest BCUT2D eigenvalue weighted by Gasteiger charge is -2.28. The third kappa shape index (κ3) is 2.98. The maximum Gasteiger partial charge on any atom is 0.146 e. The summed E-state index contributed by atoms with van der Waals surface area (Å²) in [7, 11) is 0. The molecule has 16 heavy (non-hydrogen) atoms. The summed E-state index contributed by atoms with van der Waals surface area (Å²) in [5.41, 5.74) is 0.378. The van der Waals surface area contributed by atoms with Crippen LogP contribution in [0, 0.1) is 5.82 Å². The molecule has 0 bridgehead atoms. The van der Waals surface area contributed by atoms with Crippen LogP contribution in [-0.2, 0) is 6.54 Å². The first-order chi connectivity index (χ1) is 7.65. The molecule has 1 aliphatic heterocycles. The molecule has 88 valence electrons. The molecule has 0 spiro atoms. The zero-order valence-electron chi connectivity index (χ0n) is 8.80. The molecule has 0 amide bonds. The lowest BCUT2D eigenvalue weighted by molar-refractivity contribution is 0.130. The standard InChI is InChI=1S/C11H13BrF2N2/c12-11-4-3-9(14)10(15-11)7-16-5-1-2-8(13)6-16/h3-4,8H,1-2,5-7H2. The summed E-state index contributed by atoms with van der Waals surface area (Å²) in [5, 5.41) is 0.